The first-order chi connectivity index (χ1) is 10.2. The van der Waals surface area contributed by atoms with E-state index in [1.807, 2.05) is 41.8 Å². The van der Waals surface area contributed by atoms with Gasteiger partial charge in [0.1, 0.15) is 5.65 Å². The van der Waals surface area contributed by atoms with Crippen LogP contribution in [0, 0.1) is 0 Å². The number of aromatic nitrogens is 2. The van der Waals surface area contributed by atoms with Gasteiger partial charge in [-0.1, -0.05) is 25.5 Å². The molecule has 0 aliphatic carbocycles. The zero-order valence-electron chi connectivity index (χ0n) is 11.7. The maximum Gasteiger partial charge on any atom is 0.293 e. The number of nitrogens with zero attached hydrogens (tertiary/aromatic N) is 3. The van der Waals surface area contributed by atoms with Crippen LogP contribution in [0.3, 0.4) is 0 Å². The van der Waals surface area contributed by atoms with Gasteiger partial charge >= 0.3 is 0 Å². The van der Waals surface area contributed by atoms with Gasteiger partial charge in [-0.2, -0.15) is 0 Å². The van der Waals surface area contributed by atoms with Gasteiger partial charge in [-0.3, -0.25) is 14.5 Å². The summed E-state index contributed by atoms with van der Waals surface area (Å²) in [6.45, 7) is 2.31. The van der Waals surface area contributed by atoms with E-state index in [1.165, 1.54) is 4.90 Å². The monoisotopic (exact) mass is 301 g/mol. The largest absolute Gasteiger partial charge is 0.302 e. The zero-order valence-corrected chi connectivity index (χ0v) is 12.5. The number of unbranched alkanes of at least 4 members (excludes halogenated alkanes) is 1. The van der Waals surface area contributed by atoms with Gasteiger partial charge < -0.3 is 4.40 Å². The van der Waals surface area contributed by atoms with E-state index in [4.69, 9.17) is 0 Å². The fourth-order valence-electron chi connectivity index (χ4n) is 2.25. The van der Waals surface area contributed by atoms with Crippen LogP contribution >= 0.6 is 11.8 Å². The molecule has 108 valence electrons. The van der Waals surface area contributed by atoms with E-state index >= 15 is 0 Å². The number of pyridine rings is 1. The van der Waals surface area contributed by atoms with Crippen LogP contribution in [0.1, 0.15) is 25.5 Å². The van der Waals surface area contributed by atoms with Crippen LogP contribution in [0.4, 0.5) is 4.79 Å². The molecule has 0 spiro atoms. The lowest BCUT2D eigenvalue weighted by Crippen LogP contribution is -2.28. The summed E-state index contributed by atoms with van der Waals surface area (Å²) in [5.41, 5.74) is 1.67. The molecular formula is C15H15N3O2S. The number of thioether (sulfide) groups is 1. The van der Waals surface area contributed by atoms with Gasteiger partial charge in [-0.05, 0) is 30.3 Å². The molecule has 6 heteroatoms. The van der Waals surface area contributed by atoms with Crippen molar-refractivity contribution in [3.63, 3.8) is 0 Å². The van der Waals surface area contributed by atoms with Crippen molar-refractivity contribution in [2.75, 3.05) is 0 Å². The minimum atomic E-state index is -0.209. The van der Waals surface area contributed by atoms with Gasteiger partial charge in [0.2, 0.25) is 0 Å². The third-order valence-corrected chi connectivity index (χ3v) is 4.28. The lowest BCUT2D eigenvalue weighted by atomic mass is 10.3. The highest BCUT2D eigenvalue weighted by Crippen LogP contribution is 2.32. The predicted molar refractivity (Wildman–Crippen MR) is 81.7 cm³/mol. The number of imide groups is 1. The molecule has 2 aromatic heterocycles. The number of hydrogen-bond acceptors (Lipinski definition) is 4. The van der Waals surface area contributed by atoms with Crippen LogP contribution in [-0.2, 0) is 11.3 Å². The molecule has 5 nitrogen and oxygen atoms in total. The Labute approximate surface area is 126 Å². The normalized spacial score (nSPS) is 17.4. The third kappa shape index (κ3) is 2.58. The van der Waals surface area contributed by atoms with E-state index in [9.17, 15) is 9.59 Å². The summed E-state index contributed by atoms with van der Waals surface area (Å²) in [7, 11) is 0. The highest BCUT2D eigenvalue weighted by molar-refractivity contribution is 8.18. The second-order valence-corrected chi connectivity index (χ2v) is 5.78. The average molecular weight is 301 g/mol. The standard InChI is InChI=1S/C15H15N3O2S/c1-2-3-6-12-14(19)18(15(20)21-12)10-11-5-4-7-13-16-8-9-17(11)13/h4-9H,2-3,10H2,1H3. The number of carbonyl (C=O) groups is 2. The molecule has 1 fully saturated rings. The van der Waals surface area contributed by atoms with E-state index in [0.29, 0.717) is 4.91 Å². The zero-order chi connectivity index (χ0) is 14.8. The molecule has 3 rings (SSSR count). The maximum atomic E-state index is 12.3. The van der Waals surface area contributed by atoms with Gasteiger partial charge in [-0.15, -0.1) is 0 Å². The molecule has 2 amide bonds. The number of allylic oxidation sites excluding steroid dienone is 1. The SMILES string of the molecule is CCCC=C1SC(=O)N(Cc2cccc3nccn23)C1=O. The molecule has 0 saturated carbocycles. The van der Waals surface area contributed by atoms with Gasteiger partial charge in [0.25, 0.3) is 11.1 Å². The molecule has 0 bridgehead atoms. The predicted octanol–water partition coefficient (Wildman–Crippen LogP) is 3.21. The van der Waals surface area contributed by atoms with Crippen molar-refractivity contribution < 1.29 is 9.59 Å². The van der Waals surface area contributed by atoms with Gasteiger partial charge in [0, 0.05) is 18.1 Å². The number of carbonyl (C=O) groups excluding carboxylic acids is 2. The average Bonchev–Trinajstić information content (AvgIpc) is 3.05. The Hall–Kier alpha value is -2.08. The summed E-state index contributed by atoms with van der Waals surface area (Å²) in [4.78, 5) is 30.4. The van der Waals surface area contributed by atoms with Gasteiger partial charge in [0.05, 0.1) is 11.4 Å². The van der Waals surface area contributed by atoms with E-state index in [-0.39, 0.29) is 17.7 Å². The third-order valence-electron chi connectivity index (χ3n) is 3.32. The van der Waals surface area contributed by atoms with Crippen LogP contribution in [0.5, 0.6) is 0 Å². The minimum absolute atomic E-state index is 0.199. The lowest BCUT2D eigenvalue weighted by molar-refractivity contribution is -0.123. The van der Waals surface area contributed by atoms with Crippen LogP contribution in [0.25, 0.3) is 5.65 Å². The molecule has 1 saturated heterocycles. The van der Waals surface area contributed by atoms with Crippen LogP contribution in [0.15, 0.2) is 41.6 Å². The van der Waals surface area contributed by atoms with Crippen molar-refractivity contribution in [2.45, 2.75) is 26.3 Å². The van der Waals surface area contributed by atoms with E-state index < -0.39 is 0 Å². The Bertz CT molecular complexity index is 735. The fraction of sp³-hybridized carbons (Fsp3) is 0.267. The topological polar surface area (TPSA) is 54.7 Å². The summed E-state index contributed by atoms with van der Waals surface area (Å²) >= 11 is 1.02. The van der Waals surface area contributed by atoms with E-state index in [2.05, 4.69) is 4.98 Å². The summed E-state index contributed by atoms with van der Waals surface area (Å²) in [5, 5.41) is -0.209. The molecule has 0 atom stereocenters. The molecule has 0 N–H and O–H groups in total. The second kappa shape index (κ2) is 5.73. The quantitative estimate of drug-likeness (QED) is 0.814. The molecule has 0 unspecified atom stereocenters. The molecule has 3 heterocycles. The van der Waals surface area contributed by atoms with E-state index in [0.717, 1.165) is 35.9 Å². The smallest absolute Gasteiger partial charge is 0.293 e. The summed E-state index contributed by atoms with van der Waals surface area (Å²) in [5.74, 6) is -0.199. The Kier molecular flexibility index (Phi) is 3.79. The van der Waals surface area contributed by atoms with Crippen molar-refractivity contribution in [2.24, 2.45) is 0 Å². The maximum absolute atomic E-state index is 12.3. The Morgan fingerprint density at radius 1 is 1.33 bits per heavy atom. The Morgan fingerprint density at radius 3 is 3.00 bits per heavy atom. The molecular weight excluding hydrogens is 286 g/mol. The number of amides is 2. The van der Waals surface area contributed by atoms with Crippen LogP contribution in [0.2, 0.25) is 0 Å². The van der Waals surface area contributed by atoms with Crippen molar-refractivity contribution in [1.29, 1.82) is 0 Å². The summed E-state index contributed by atoms with van der Waals surface area (Å²) in [6.07, 6.45) is 7.15. The highest BCUT2D eigenvalue weighted by atomic mass is 32.2. The number of fused-ring (bicyclic) bond motifs is 1. The van der Waals surface area contributed by atoms with Crippen molar-refractivity contribution >= 4 is 28.6 Å². The minimum Gasteiger partial charge on any atom is -0.302 e. The molecule has 2 aromatic rings. The van der Waals surface area contributed by atoms with Crippen molar-refractivity contribution in [1.82, 2.24) is 14.3 Å². The Balaban J connectivity index is 1.86. The van der Waals surface area contributed by atoms with Crippen LogP contribution in [-0.4, -0.2) is 25.4 Å². The molecule has 0 radical (unpaired) electrons. The molecule has 1 aliphatic heterocycles. The summed E-state index contributed by atoms with van der Waals surface area (Å²) in [6, 6.07) is 5.66. The number of rotatable bonds is 4. The van der Waals surface area contributed by atoms with E-state index in [1.54, 1.807) is 6.20 Å². The van der Waals surface area contributed by atoms with Gasteiger partial charge in [0.15, 0.2) is 0 Å². The highest BCUT2D eigenvalue weighted by Gasteiger charge is 2.35. The Morgan fingerprint density at radius 2 is 2.19 bits per heavy atom. The molecule has 1 aliphatic rings. The van der Waals surface area contributed by atoms with Crippen molar-refractivity contribution in [3.8, 4) is 0 Å². The van der Waals surface area contributed by atoms with Crippen molar-refractivity contribution in [3.05, 3.63) is 47.3 Å². The molecule has 0 aromatic carbocycles. The lowest BCUT2D eigenvalue weighted by Gasteiger charge is -2.13. The first kappa shape index (κ1) is 13.9. The fourth-order valence-corrected chi connectivity index (χ4v) is 3.09. The first-order valence-corrected chi connectivity index (χ1v) is 7.67. The molecule has 21 heavy (non-hydrogen) atoms. The second-order valence-electron chi connectivity index (χ2n) is 4.79. The summed E-state index contributed by atoms with van der Waals surface area (Å²) < 4.78 is 1.89. The van der Waals surface area contributed by atoms with Gasteiger partial charge in [-0.25, -0.2) is 4.98 Å². The number of hydrogen-bond donors (Lipinski definition) is 0. The first-order valence-electron chi connectivity index (χ1n) is 6.85. The number of imidazole rings is 1. The van der Waals surface area contributed by atoms with Crippen LogP contribution < -0.4 is 0 Å².